The van der Waals surface area contributed by atoms with Crippen molar-refractivity contribution in [3.8, 4) is 12.1 Å². The minimum absolute atomic E-state index is 0.0117. The van der Waals surface area contributed by atoms with Crippen molar-refractivity contribution in [2.75, 3.05) is 19.1 Å². The molecule has 2 aromatic heterocycles. The number of hydrogen-bond donors (Lipinski definition) is 2. The molecule has 0 spiro atoms. The van der Waals surface area contributed by atoms with Gasteiger partial charge in [0.2, 0.25) is 0 Å². The molecule has 220 valence electrons. The Labute approximate surface area is 258 Å². The van der Waals surface area contributed by atoms with Crippen molar-refractivity contribution in [3.63, 3.8) is 0 Å². The van der Waals surface area contributed by atoms with E-state index >= 15 is 0 Å². The monoisotopic (exact) mass is 632 g/mol. The van der Waals surface area contributed by atoms with E-state index in [1.54, 1.807) is 24.5 Å². The Balaban J connectivity index is 1.24. The van der Waals surface area contributed by atoms with E-state index in [-0.39, 0.29) is 40.0 Å². The molecule has 1 aromatic carbocycles. The zero-order valence-electron chi connectivity index (χ0n) is 23.5. The van der Waals surface area contributed by atoms with Crippen LogP contribution in [0.25, 0.3) is 0 Å². The Morgan fingerprint density at radius 2 is 1.35 bits per heavy atom. The fourth-order valence-corrected chi connectivity index (χ4v) is 6.69. The zero-order chi connectivity index (χ0) is 30.7. The van der Waals surface area contributed by atoms with Gasteiger partial charge in [-0.1, -0.05) is 12.1 Å². The third kappa shape index (κ3) is 6.85. The molecule has 0 atom stereocenters. The molecular weight excluding hydrogens is 605 g/mol. The van der Waals surface area contributed by atoms with Crippen LogP contribution < -0.4 is 10.0 Å². The number of nitriles is 2. The number of nitrogens with zero attached hydrogens (tertiary/aromatic N) is 4. The highest BCUT2D eigenvalue weighted by Gasteiger charge is 2.30. The van der Waals surface area contributed by atoms with Gasteiger partial charge >= 0.3 is 0 Å². The van der Waals surface area contributed by atoms with Gasteiger partial charge in [0.1, 0.15) is 22.2 Å². The maximum atomic E-state index is 13.1. The van der Waals surface area contributed by atoms with Gasteiger partial charge < -0.3 is 5.32 Å². The second-order valence-electron chi connectivity index (χ2n) is 10.3. The first-order valence-electron chi connectivity index (χ1n) is 13.6. The summed E-state index contributed by atoms with van der Waals surface area (Å²) in [7, 11) is -4.22. The van der Waals surface area contributed by atoms with Gasteiger partial charge in [0.05, 0.1) is 27.1 Å². The predicted molar refractivity (Wildman–Crippen MR) is 163 cm³/mol. The Kier molecular flexibility index (Phi) is 9.06. The zero-order valence-corrected chi connectivity index (χ0v) is 26.0. The summed E-state index contributed by atoms with van der Waals surface area (Å²) in [4.78, 5) is 35.0. The number of thioether (sulfide) groups is 2. The number of sulfonamides is 1. The topological polar surface area (TPSA) is 166 Å². The quantitative estimate of drug-likeness (QED) is 0.287. The van der Waals surface area contributed by atoms with E-state index in [1.807, 2.05) is 12.3 Å². The molecule has 0 saturated heterocycles. The standard InChI is InChI=1S/C30H28N6O4S3/c1-41-29-23(15-31)21(13-25(34-29)18-5-6-18)27(37)33-12-11-17-3-9-20(10-4-17)43(39,40)36-28(38)22-14-26(19-7-8-19)35-30(42-2)24(22)16-32/h3-4,9-10,13-14,18-19H,5-8,11-12H2,1-2H3,(H,33,37)(H,36,38). The Bertz CT molecular complexity index is 1790. The van der Waals surface area contributed by atoms with Crippen LogP contribution in [0, 0.1) is 22.7 Å². The van der Waals surface area contributed by atoms with Crippen molar-refractivity contribution in [3.05, 3.63) is 75.6 Å². The normalized spacial score (nSPS) is 14.4. The summed E-state index contributed by atoms with van der Waals surface area (Å²) < 4.78 is 28.2. The van der Waals surface area contributed by atoms with Crippen molar-refractivity contribution in [1.29, 1.82) is 10.5 Å². The molecule has 0 unspecified atom stereocenters. The lowest BCUT2D eigenvalue weighted by atomic mass is 10.1. The van der Waals surface area contributed by atoms with E-state index in [2.05, 4.69) is 26.1 Å². The summed E-state index contributed by atoms with van der Waals surface area (Å²) in [6, 6.07) is 13.3. The van der Waals surface area contributed by atoms with Gasteiger partial charge in [-0.2, -0.15) is 10.5 Å². The van der Waals surface area contributed by atoms with Crippen LogP contribution in [0.4, 0.5) is 0 Å². The van der Waals surface area contributed by atoms with Gasteiger partial charge in [0.15, 0.2) is 0 Å². The molecule has 2 aliphatic carbocycles. The predicted octanol–water partition coefficient (Wildman–Crippen LogP) is 4.51. The van der Waals surface area contributed by atoms with Crippen molar-refractivity contribution < 1.29 is 18.0 Å². The largest absolute Gasteiger partial charge is 0.352 e. The van der Waals surface area contributed by atoms with E-state index < -0.39 is 15.9 Å². The highest BCUT2D eigenvalue weighted by molar-refractivity contribution is 7.98. The number of carbonyl (C=O) groups is 2. The average Bonchev–Trinajstić information content (AvgIpc) is 3.93. The van der Waals surface area contributed by atoms with Crippen LogP contribution >= 0.6 is 23.5 Å². The number of aromatic nitrogens is 2. The minimum atomic E-state index is -4.22. The van der Waals surface area contributed by atoms with Gasteiger partial charge in [-0.3, -0.25) is 9.59 Å². The number of amides is 2. The number of pyridine rings is 2. The van der Waals surface area contributed by atoms with Gasteiger partial charge in [-0.25, -0.2) is 23.1 Å². The number of nitrogens with one attached hydrogen (secondary N) is 2. The van der Waals surface area contributed by atoms with Gasteiger partial charge in [-0.05, 0) is 74.4 Å². The fourth-order valence-electron chi connectivity index (χ4n) is 4.61. The first-order chi connectivity index (χ1) is 20.7. The summed E-state index contributed by atoms with van der Waals surface area (Å²) in [6.45, 7) is 0.266. The summed E-state index contributed by atoms with van der Waals surface area (Å²) in [5.41, 5.74) is 2.88. The molecule has 13 heteroatoms. The maximum absolute atomic E-state index is 13.1. The second kappa shape index (κ2) is 12.8. The van der Waals surface area contributed by atoms with E-state index in [4.69, 9.17) is 0 Å². The molecule has 0 aliphatic heterocycles. The number of hydrogen-bond acceptors (Lipinski definition) is 10. The molecule has 0 bridgehead atoms. The van der Waals surface area contributed by atoms with Crippen LogP contribution in [0.1, 0.15) is 86.3 Å². The average molecular weight is 633 g/mol. The van der Waals surface area contributed by atoms with Crippen LogP contribution in [0.3, 0.4) is 0 Å². The Hall–Kier alpha value is -3.91. The molecule has 0 radical (unpaired) electrons. The SMILES string of the molecule is CSc1nc(C2CC2)cc(C(=O)NCCc2ccc(S(=O)(=O)NC(=O)c3cc(C4CC4)nc(SC)c3C#N)cc2)c1C#N. The van der Waals surface area contributed by atoms with Crippen molar-refractivity contribution in [2.24, 2.45) is 0 Å². The molecule has 2 saturated carbocycles. The van der Waals surface area contributed by atoms with E-state index in [9.17, 15) is 28.5 Å². The molecular formula is C30H28N6O4S3. The first kappa shape index (κ1) is 30.5. The molecule has 2 fully saturated rings. The lowest BCUT2D eigenvalue weighted by Gasteiger charge is -2.12. The summed E-state index contributed by atoms with van der Waals surface area (Å²) in [5, 5.41) is 23.1. The maximum Gasteiger partial charge on any atom is 0.266 e. The summed E-state index contributed by atoms with van der Waals surface area (Å²) >= 11 is 2.57. The van der Waals surface area contributed by atoms with E-state index in [1.165, 1.54) is 41.7 Å². The number of rotatable bonds is 11. The Morgan fingerprint density at radius 3 is 1.79 bits per heavy atom. The van der Waals surface area contributed by atoms with E-state index in [0.717, 1.165) is 36.9 Å². The number of carbonyl (C=O) groups excluding carboxylic acids is 2. The smallest absolute Gasteiger partial charge is 0.266 e. The highest BCUT2D eigenvalue weighted by atomic mass is 32.2. The van der Waals surface area contributed by atoms with Gasteiger partial charge in [0.25, 0.3) is 21.8 Å². The summed E-state index contributed by atoms with van der Waals surface area (Å²) in [5.74, 6) is -0.702. The molecule has 3 aromatic rings. The third-order valence-corrected chi connectivity index (χ3v) is 9.97. The van der Waals surface area contributed by atoms with E-state index in [0.29, 0.717) is 33.6 Å². The Morgan fingerprint density at radius 1 is 0.860 bits per heavy atom. The molecule has 5 rings (SSSR count). The minimum Gasteiger partial charge on any atom is -0.352 e. The van der Waals surface area contributed by atoms with Crippen molar-refractivity contribution >= 4 is 45.4 Å². The third-order valence-electron chi connectivity index (χ3n) is 7.26. The van der Waals surface area contributed by atoms with Crippen LogP contribution in [0.2, 0.25) is 0 Å². The van der Waals surface area contributed by atoms with Crippen LogP contribution in [-0.2, 0) is 16.4 Å². The molecule has 10 nitrogen and oxygen atoms in total. The second-order valence-corrected chi connectivity index (χ2v) is 13.6. The first-order valence-corrected chi connectivity index (χ1v) is 17.5. The number of benzene rings is 1. The molecule has 2 heterocycles. The van der Waals surface area contributed by atoms with Crippen molar-refractivity contribution in [1.82, 2.24) is 20.0 Å². The molecule has 43 heavy (non-hydrogen) atoms. The summed E-state index contributed by atoms with van der Waals surface area (Å²) in [6.07, 6.45) is 7.91. The van der Waals surface area contributed by atoms with Crippen LogP contribution in [-0.4, -0.2) is 49.3 Å². The molecule has 2 amide bonds. The fraction of sp³-hybridized carbons (Fsp3) is 0.333. The van der Waals surface area contributed by atoms with Gasteiger partial charge in [0, 0.05) is 29.8 Å². The molecule has 2 N–H and O–H groups in total. The van der Waals surface area contributed by atoms with Gasteiger partial charge in [-0.15, -0.1) is 23.5 Å². The van der Waals surface area contributed by atoms with Crippen LogP contribution in [0.15, 0.2) is 51.3 Å². The van der Waals surface area contributed by atoms with Crippen LogP contribution in [0.5, 0.6) is 0 Å². The lowest BCUT2D eigenvalue weighted by molar-refractivity contribution is 0.0951. The lowest BCUT2D eigenvalue weighted by Crippen LogP contribution is -2.31. The van der Waals surface area contributed by atoms with Crippen molar-refractivity contribution in [2.45, 2.75) is 58.9 Å². The molecule has 2 aliphatic rings. The highest BCUT2D eigenvalue weighted by Crippen LogP contribution is 2.41.